The summed E-state index contributed by atoms with van der Waals surface area (Å²) in [6.45, 7) is 5.68. The standard InChI is InChI=1S/C9H16ClN3O/c1-3-14-8(4-11)6-13-7(2)9(10)5-12-13/h5,8H,3-4,6,11H2,1-2H3. The normalized spacial score (nSPS) is 13.1. The minimum atomic E-state index is 0.00895. The van der Waals surface area contributed by atoms with Gasteiger partial charge < -0.3 is 10.5 Å². The molecule has 0 bridgehead atoms. The van der Waals surface area contributed by atoms with Crippen LogP contribution in [0.2, 0.25) is 5.02 Å². The number of nitrogens with zero attached hydrogens (tertiary/aromatic N) is 2. The number of nitrogens with two attached hydrogens (primary N) is 1. The lowest BCUT2D eigenvalue weighted by Crippen LogP contribution is -2.29. The summed E-state index contributed by atoms with van der Waals surface area (Å²) in [6, 6.07) is 0. The highest BCUT2D eigenvalue weighted by Gasteiger charge is 2.10. The molecule has 0 fully saturated rings. The average molecular weight is 218 g/mol. The fraction of sp³-hybridized carbons (Fsp3) is 0.667. The molecule has 5 heteroatoms. The van der Waals surface area contributed by atoms with Crippen molar-refractivity contribution >= 4 is 11.6 Å². The van der Waals surface area contributed by atoms with Crippen molar-refractivity contribution < 1.29 is 4.74 Å². The maximum absolute atomic E-state index is 5.88. The molecule has 0 aliphatic rings. The molecule has 4 nitrogen and oxygen atoms in total. The Balaban J connectivity index is 2.62. The lowest BCUT2D eigenvalue weighted by Gasteiger charge is -2.15. The predicted octanol–water partition coefficient (Wildman–Crippen LogP) is 1.21. The second kappa shape index (κ2) is 5.34. The molecule has 1 aromatic rings. The van der Waals surface area contributed by atoms with Gasteiger partial charge in [-0.3, -0.25) is 4.68 Å². The number of hydrogen-bond donors (Lipinski definition) is 1. The Morgan fingerprint density at radius 3 is 2.86 bits per heavy atom. The number of aromatic nitrogens is 2. The van der Waals surface area contributed by atoms with E-state index in [1.807, 2.05) is 18.5 Å². The van der Waals surface area contributed by atoms with Gasteiger partial charge in [-0.15, -0.1) is 0 Å². The summed E-state index contributed by atoms with van der Waals surface area (Å²) in [6.07, 6.45) is 1.64. The van der Waals surface area contributed by atoms with Crippen LogP contribution in [0.25, 0.3) is 0 Å². The summed E-state index contributed by atoms with van der Waals surface area (Å²) in [7, 11) is 0. The van der Waals surface area contributed by atoms with Crippen molar-refractivity contribution in [1.29, 1.82) is 0 Å². The van der Waals surface area contributed by atoms with Crippen LogP contribution < -0.4 is 5.73 Å². The minimum absolute atomic E-state index is 0.00895. The van der Waals surface area contributed by atoms with Gasteiger partial charge in [-0.05, 0) is 13.8 Å². The molecule has 0 amide bonds. The quantitative estimate of drug-likeness (QED) is 0.807. The van der Waals surface area contributed by atoms with Gasteiger partial charge in [-0.1, -0.05) is 11.6 Å². The molecule has 0 spiro atoms. The molecule has 1 atom stereocenters. The van der Waals surface area contributed by atoms with Gasteiger partial charge in [-0.25, -0.2) is 0 Å². The van der Waals surface area contributed by atoms with E-state index >= 15 is 0 Å². The maximum Gasteiger partial charge on any atom is 0.0892 e. The molecular weight excluding hydrogens is 202 g/mol. The van der Waals surface area contributed by atoms with E-state index in [-0.39, 0.29) is 6.10 Å². The lowest BCUT2D eigenvalue weighted by atomic mass is 10.3. The van der Waals surface area contributed by atoms with Crippen molar-refractivity contribution in [1.82, 2.24) is 9.78 Å². The van der Waals surface area contributed by atoms with E-state index in [1.165, 1.54) is 0 Å². The Bertz CT molecular complexity index is 288. The van der Waals surface area contributed by atoms with Gasteiger partial charge in [-0.2, -0.15) is 5.10 Å². The van der Waals surface area contributed by atoms with E-state index in [9.17, 15) is 0 Å². The van der Waals surface area contributed by atoms with Crippen molar-refractivity contribution in [3.63, 3.8) is 0 Å². The van der Waals surface area contributed by atoms with Crippen molar-refractivity contribution in [3.8, 4) is 0 Å². The molecule has 14 heavy (non-hydrogen) atoms. The molecule has 0 aliphatic carbocycles. The van der Waals surface area contributed by atoms with Crippen LogP contribution in [-0.2, 0) is 11.3 Å². The lowest BCUT2D eigenvalue weighted by molar-refractivity contribution is 0.0538. The summed E-state index contributed by atoms with van der Waals surface area (Å²) < 4.78 is 7.25. The Morgan fingerprint density at radius 1 is 1.71 bits per heavy atom. The molecule has 0 aliphatic heterocycles. The molecule has 1 heterocycles. The zero-order chi connectivity index (χ0) is 10.6. The van der Waals surface area contributed by atoms with Gasteiger partial charge in [0.05, 0.1) is 29.6 Å². The number of ether oxygens (including phenoxy) is 1. The first kappa shape index (κ1) is 11.5. The fourth-order valence-electron chi connectivity index (χ4n) is 1.23. The van der Waals surface area contributed by atoms with Crippen LogP contribution in [0.4, 0.5) is 0 Å². The van der Waals surface area contributed by atoms with Gasteiger partial charge in [0.15, 0.2) is 0 Å². The van der Waals surface area contributed by atoms with Gasteiger partial charge in [0.25, 0.3) is 0 Å². The van der Waals surface area contributed by atoms with E-state index in [0.717, 1.165) is 5.69 Å². The molecule has 2 N–H and O–H groups in total. The molecular formula is C9H16ClN3O. The topological polar surface area (TPSA) is 53.1 Å². The number of hydrogen-bond acceptors (Lipinski definition) is 3. The Labute approximate surface area is 89.0 Å². The van der Waals surface area contributed by atoms with Crippen LogP contribution >= 0.6 is 11.6 Å². The summed E-state index contributed by atoms with van der Waals surface area (Å²) in [5, 5.41) is 4.81. The van der Waals surface area contributed by atoms with Crippen molar-refractivity contribution in [3.05, 3.63) is 16.9 Å². The van der Waals surface area contributed by atoms with Crippen molar-refractivity contribution in [2.24, 2.45) is 5.73 Å². The highest BCUT2D eigenvalue weighted by molar-refractivity contribution is 6.31. The second-order valence-electron chi connectivity index (χ2n) is 3.07. The zero-order valence-electron chi connectivity index (χ0n) is 8.53. The third-order valence-electron chi connectivity index (χ3n) is 2.09. The zero-order valence-corrected chi connectivity index (χ0v) is 9.29. The van der Waals surface area contributed by atoms with Crippen molar-refractivity contribution in [2.45, 2.75) is 26.5 Å². The minimum Gasteiger partial charge on any atom is -0.375 e. The first-order valence-corrected chi connectivity index (χ1v) is 5.06. The third kappa shape index (κ3) is 2.70. The van der Waals surface area contributed by atoms with E-state index in [0.29, 0.717) is 24.7 Å². The smallest absolute Gasteiger partial charge is 0.0892 e. The highest BCUT2D eigenvalue weighted by atomic mass is 35.5. The first-order valence-electron chi connectivity index (χ1n) is 4.68. The summed E-state index contributed by atoms with van der Waals surface area (Å²) in [4.78, 5) is 0. The molecule has 80 valence electrons. The largest absolute Gasteiger partial charge is 0.375 e. The van der Waals surface area contributed by atoms with Crippen LogP contribution in [-0.4, -0.2) is 29.0 Å². The SMILES string of the molecule is CCOC(CN)Cn1ncc(Cl)c1C. The van der Waals surface area contributed by atoms with Crippen molar-refractivity contribution in [2.75, 3.05) is 13.2 Å². The number of halogens is 1. The molecule has 0 aromatic carbocycles. The second-order valence-corrected chi connectivity index (χ2v) is 3.48. The third-order valence-corrected chi connectivity index (χ3v) is 2.46. The Hall–Kier alpha value is -0.580. The van der Waals surface area contributed by atoms with Crippen LogP contribution in [0.1, 0.15) is 12.6 Å². The van der Waals surface area contributed by atoms with Crippen LogP contribution in [0, 0.1) is 6.92 Å². The van der Waals surface area contributed by atoms with Crippen LogP contribution in [0.3, 0.4) is 0 Å². The first-order chi connectivity index (χ1) is 6.69. The predicted molar refractivity (Wildman–Crippen MR) is 56.4 cm³/mol. The molecule has 1 unspecified atom stereocenters. The molecule has 0 saturated heterocycles. The molecule has 1 aromatic heterocycles. The monoisotopic (exact) mass is 217 g/mol. The summed E-state index contributed by atoms with van der Waals surface area (Å²) in [5.41, 5.74) is 6.51. The van der Waals surface area contributed by atoms with Gasteiger partial charge in [0, 0.05) is 13.2 Å². The highest BCUT2D eigenvalue weighted by Crippen LogP contribution is 2.13. The van der Waals surface area contributed by atoms with Crippen LogP contribution in [0.5, 0.6) is 0 Å². The Morgan fingerprint density at radius 2 is 2.43 bits per heavy atom. The number of rotatable bonds is 5. The molecule has 1 rings (SSSR count). The maximum atomic E-state index is 5.88. The van der Waals surface area contributed by atoms with Gasteiger partial charge >= 0.3 is 0 Å². The van der Waals surface area contributed by atoms with Gasteiger partial charge in [0.1, 0.15) is 0 Å². The molecule has 0 radical (unpaired) electrons. The van der Waals surface area contributed by atoms with E-state index < -0.39 is 0 Å². The Kier molecular flexibility index (Phi) is 4.38. The summed E-state index contributed by atoms with van der Waals surface area (Å²) in [5.74, 6) is 0. The van der Waals surface area contributed by atoms with E-state index in [1.54, 1.807) is 6.20 Å². The van der Waals surface area contributed by atoms with Gasteiger partial charge in [0.2, 0.25) is 0 Å². The average Bonchev–Trinajstić information content (AvgIpc) is 2.49. The molecule has 0 saturated carbocycles. The fourth-order valence-corrected chi connectivity index (χ4v) is 1.37. The van der Waals surface area contributed by atoms with E-state index in [4.69, 9.17) is 22.1 Å². The van der Waals surface area contributed by atoms with Crippen LogP contribution in [0.15, 0.2) is 6.20 Å². The van der Waals surface area contributed by atoms with E-state index in [2.05, 4.69) is 5.10 Å². The summed E-state index contributed by atoms with van der Waals surface area (Å²) >= 11 is 5.88.